The van der Waals surface area contributed by atoms with E-state index in [-0.39, 0.29) is 5.91 Å². The predicted molar refractivity (Wildman–Crippen MR) is 81.6 cm³/mol. The van der Waals surface area contributed by atoms with Gasteiger partial charge < -0.3 is 10.1 Å². The SMILES string of the molecule is CCCCCOC(=O)[C@H](C)NC(=O)c1cccc(Br)c1. The van der Waals surface area contributed by atoms with Crippen LogP contribution in [0.3, 0.4) is 0 Å². The molecule has 0 spiro atoms. The van der Waals surface area contributed by atoms with Crippen LogP contribution in [-0.4, -0.2) is 24.5 Å². The molecule has 0 unspecified atom stereocenters. The lowest BCUT2D eigenvalue weighted by atomic mass is 10.2. The van der Waals surface area contributed by atoms with Crippen LogP contribution in [-0.2, 0) is 9.53 Å². The number of halogens is 1. The van der Waals surface area contributed by atoms with Gasteiger partial charge in [0.1, 0.15) is 6.04 Å². The summed E-state index contributed by atoms with van der Waals surface area (Å²) in [5, 5.41) is 2.63. The van der Waals surface area contributed by atoms with Crippen LogP contribution < -0.4 is 5.32 Å². The molecule has 0 aromatic heterocycles. The second kappa shape index (κ2) is 8.74. The summed E-state index contributed by atoms with van der Waals surface area (Å²) in [5.74, 6) is -0.686. The van der Waals surface area contributed by atoms with Gasteiger partial charge in [0.25, 0.3) is 5.91 Å². The average Bonchev–Trinajstić information content (AvgIpc) is 2.43. The van der Waals surface area contributed by atoms with E-state index in [2.05, 4.69) is 28.2 Å². The van der Waals surface area contributed by atoms with Gasteiger partial charge in [0.05, 0.1) is 6.61 Å². The Morgan fingerprint density at radius 1 is 1.35 bits per heavy atom. The second-order valence-corrected chi connectivity index (χ2v) is 5.50. The number of carbonyl (C=O) groups is 2. The summed E-state index contributed by atoms with van der Waals surface area (Å²) >= 11 is 3.30. The van der Waals surface area contributed by atoms with Gasteiger partial charge >= 0.3 is 5.97 Å². The van der Waals surface area contributed by atoms with Crippen molar-refractivity contribution in [2.24, 2.45) is 0 Å². The largest absolute Gasteiger partial charge is 0.464 e. The molecule has 1 N–H and O–H groups in total. The first-order valence-corrected chi connectivity index (χ1v) is 7.57. The molecule has 1 atom stereocenters. The zero-order valence-corrected chi connectivity index (χ0v) is 13.4. The Morgan fingerprint density at radius 3 is 2.75 bits per heavy atom. The standard InChI is InChI=1S/C15H20BrNO3/c1-3-4-5-9-20-15(19)11(2)17-14(18)12-7-6-8-13(16)10-12/h6-8,10-11H,3-5,9H2,1-2H3,(H,17,18)/t11-/m0/s1. The van der Waals surface area contributed by atoms with Crippen molar-refractivity contribution in [3.8, 4) is 0 Å². The third kappa shape index (κ3) is 5.74. The maximum absolute atomic E-state index is 11.9. The van der Waals surface area contributed by atoms with E-state index < -0.39 is 12.0 Å². The van der Waals surface area contributed by atoms with Crippen LogP contribution in [0, 0.1) is 0 Å². The van der Waals surface area contributed by atoms with E-state index in [9.17, 15) is 9.59 Å². The van der Waals surface area contributed by atoms with Crippen molar-refractivity contribution in [2.45, 2.75) is 39.2 Å². The molecule has 20 heavy (non-hydrogen) atoms. The lowest BCUT2D eigenvalue weighted by Gasteiger charge is -2.13. The third-order valence-electron chi connectivity index (χ3n) is 2.78. The normalized spacial score (nSPS) is 11.8. The number of benzene rings is 1. The Kier molecular flexibility index (Phi) is 7.30. The van der Waals surface area contributed by atoms with Crippen LogP contribution >= 0.6 is 15.9 Å². The minimum Gasteiger partial charge on any atom is -0.464 e. The molecule has 110 valence electrons. The topological polar surface area (TPSA) is 55.4 Å². The fourth-order valence-corrected chi connectivity index (χ4v) is 2.02. The Morgan fingerprint density at radius 2 is 2.10 bits per heavy atom. The van der Waals surface area contributed by atoms with Crippen molar-refractivity contribution >= 4 is 27.8 Å². The first kappa shape index (κ1) is 16.7. The molecule has 0 radical (unpaired) electrons. The van der Waals surface area contributed by atoms with E-state index in [1.54, 1.807) is 25.1 Å². The Balaban J connectivity index is 2.43. The van der Waals surface area contributed by atoms with E-state index in [0.29, 0.717) is 12.2 Å². The number of rotatable bonds is 7. The smallest absolute Gasteiger partial charge is 0.328 e. The number of hydrogen-bond donors (Lipinski definition) is 1. The van der Waals surface area contributed by atoms with Gasteiger partial charge in [-0.1, -0.05) is 41.8 Å². The van der Waals surface area contributed by atoms with Crippen molar-refractivity contribution in [1.29, 1.82) is 0 Å². The highest BCUT2D eigenvalue weighted by molar-refractivity contribution is 9.10. The van der Waals surface area contributed by atoms with E-state index in [4.69, 9.17) is 4.74 Å². The highest BCUT2D eigenvalue weighted by Gasteiger charge is 2.17. The molecule has 1 aromatic carbocycles. The Hall–Kier alpha value is -1.36. The third-order valence-corrected chi connectivity index (χ3v) is 3.27. The van der Waals surface area contributed by atoms with Gasteiger partial charge in [-0.05, 0) is 31.5 Å². The number of nitrogens with one attached hydrogen (secondary N) is 1. The summed E-state index contributed by atoms with van der Waals surface area (Å²) in [6.07, 6.45) is 2.97. The predicted octanol–water partition coefficient (Wildman–Crippen LogP) is 3.30. The lowest BCUT2D eigenvalue weighted by Crippen LogP contribution is -2.39. The zero-order chi connectivity index (χ0) is 15.0. The molecule has 0 saturated carbocycles. The highest BCUT2D eigenvalue weighted by atomic mass is 79.9. The molecule has 0 aliphatic rings. The van der Waals surface area contributed by atoms with E-state index >= 15 is 0 Å². The Labute approximate surface area is 128 Å². The summed E-state index contributed by atoms with van der Waals surface area (Å²) in [6, 6.07) is 6.35. The maximum Gasteiger partial charge on any atom is 0.328 e. The molecule has 0 bridgehead atoms. The summed E-state index contributed by atoms with van der Waals surface area (Å²) in [4.78, 5) is 23.6. The van der Waals surface area contributed by atoms with Gasteiger partial charge in [-0.3, -0.25) is 4.79 Å². The minimum absolute atomic E-state index is 0.288. The maximum atomic E-state index is 11.9. The van der Waals surface area contributed by atoms with Crippen LogP contribution in [0.2, 0.25) is 0 Å². The summed E-state index contributed by atoms with van der Waals surface area (Å²) < 4.78 is 5.92. The van der Waals surface area contributed by atoms with Gasteiger partial charge in [0.2, 0.25) is 0 Å². The van der Waals surface area contributed by atoms with Crippen molar-refractivity contribution in [3.63, 3.8) is 0 Å². The highest BCUT2D eigenvalue weighted by Crippen LogP contribution is 2.11. The summed E-state index contributed by atoms with van der Waals surface area (Å²) in [5.41, 5.74) is 0.505. The van der Waals surface area contributed by atoms with E-state index in [1.807, 2.05) is 6.07 Å². The second-order valence-electron chi connectivity index (χ2n) is 4.58. The lowest BCUT2D eigenvalue weighted by molar-refractivity contribution is -0.145. The molecule has 1 rings (SSSR count). The van der Waals surface area contributed by atoms with Crippen molar-refractivity contribution in [1.82, 2.24) is 5.32 Å². The Bertz CT molecular complexity index is 462. The van der Waals surface area contributed by atoms with Crippen LogP contribution in [0.4, 0.5) is 0 Å². The van der Waals surface area contributed by atoms with Crippen LogP contribution in [0.15, 0.2) is 28.7 Å². The number of esters is 1. The number of hydrogen-bond acceptors (Lipinski definition) is 3. The average molecular weight is 342 g/mol. The molecule has 0 saturated heterocycles. The van der Waals surface area contributed by atoms with Crippen molar-refractivity contribution in [2.75, 3.05) is 6.61 Å². The minimum atomic E-state index is -0.650. The van der Waals surface area contributed by atoms with Crippen molar-refractivity contribution in [3.05, 3.63) is 34.3 Å². The molecule has 1 aromatic rings. The molecular formula is C15H20BrNO3. The monoisotopic (exact) mass is 341 g/mol. The quantitative estimate of drug-likeness (QED) is 0.611. The van der Waals surface area contributed by atoms with Gasteiger partial charge in [-0.25, -0.2) is 4.79 Å². The molecule has 0 aliphatic heterocycles. The van der Waals surface area contributed by atoms with Gasteiger partial charge in [0.15, 0.2) is 0 Å². The van der Waals surface area contributed by atoms with Gasteiger partial charge in [-0.15, -0.1) is 0 Å². The van der Waals surface area contributed by atoms with E-state index in [0.717, 1.165) is 23.7 Å². The fourth-order valence-electron chi connectivity index (χ4n) is 1.62. The van der Waals surface area contributed by atoms with Crippen LogP contribution in [0.25, 0.3) is 0 Å². The van der Waals surface area contributed by atoms with Crippen LogP contribution in [0.1, 0.15) is 43.5 Å². The number of unbranched alkanes of at least 4 members (excludes halogenated alkanes) is 2. The van der Waals surface area contributed by atoms with Crippen LogP contribution in [0.5, 0.6) is 0 Å². The van der Waals surface area contributed by atoms with Crippen molar-refractivity contribution < 1.29 is 14.3 Å². The molecular weight excluding hydrogens is 322 g/mol. The first-order chi connectivity index (χ1) is 9.54. The first-order valence-electron chi connectivity index (χ1n) is 6.77. The summed E-state index contributed by atoms with van der Waals surface area (Å²) in [6.45, 7) is 4.12. The molecule has 0 heterocycles. The molecule has 0 aliphatic carbocycles. The molecule has 0 fully saturated rings. The zero-order valence-electron chi connectivity index (χ0n) is 11.8. The number of ether oxygens (including phenoxy) is 1. The van der Waals surface area contributed by atoms with Gasteiger partial charge in [0, 0.05) is 10.0 Å². The number of amides is 1. The van der Waals surface area contributed by atoms with E-state index in [1.165, 1.54) is 0 Å². The summed E-state index contributed by atoms with van der Waals surface area (Å²) in [7, 11) is 0. The molecule has 4 nitrogen and oxygen atoms in total. The fraction of sp³-hybridized carbons (Fsp3) is 0.467. The van der Waals surface area contributed by atoms with Gasteiger partial charge in [-0.2, -0.15) is 0 Å². The number of carbonyl (C=O) groups excluding carboxylic acids is 2. The molecule has 5 heteroatoms. The molecule has 1 amide bonds.